The molecule has 11 heteroatoms. The zero-order valence-electron chi connectivity index (χ0n) is 21.4. The average molecular weight is 521 g/mol. The Hall–Kier alpha value is -3.31. The van der Waals surface area contributed by atoms with Gasteiger partial charge in [0.1, 0.15) is 17.2 Å². The van der Waals surface area contributed by atoms with E-state index >= 15 is 0 Å². The third-order valence-corrected chi connectivity index (χ3v) is 7.53. The number of hydrogen-bond donors (Lipinski definition) is 4. The Labute approximate surface area is 214 Å². The quantitative estimate of drug-likeness (QED) is 0.297. The lowest BCUT2D eigenvalue weighted by Gasteiger charge is -2.41. The lowest BCUT2D eigenvalue weighted by Crippen LogP contribution is -2.59. The largest absolute Gasteiger partial charge is 0.503 e. The number of rotatable bonds is 9. The number of aromatic amines is 1. The van der Waals surface area contributed by atoms with E-state index in [9.17, 15) is 28.3 Å². The highest BCUT2D eigenvalue weighted by molar-refractivity contribution is 5.94. The number of methoxy groups -OCH3 is 1. The first kappa shape index (κ1) is 28.3. The molecule has 2 saturated carbocycles. The predicted molar refractivity (Wildman–Crippen MR) is 133 cm³/mol. The number of aromatic hydroxyl groups is 1. The summed E-state index contributed by atoms with van der Waals surface area (Å²) < 4.78 is 31.2. The van der Waals surface area contributed by atoms with E-state index < -0.39 is 28.7 Å². The van der Waals surface area contributed by atoms with Gasteiger partial charge in [0.15, 0.2) is 5.75 Å². The van der Waals surface area contributed by atoms with Crippen LogP contribution in [0.25, 0.3) is 0 Å². The Kier molecular flexibility index (Phi) is 9.03. The molecule has 2 aliphatic rings. The van der Waals surface area contributed by atoms with Crippen molar-refractivity contribution in [2.45, 2.75) is 38.9 Å². The monoisotopic (exact) mass is 520 g/mol. The van der Waals surface area contributed by atoms with Crippen molar-refractivity contribution in [1.29, 1.82) is 0 Å². The molecule has 4 rings (SSSR count). The maximum atomic E-state index is 13.4. The van der Waals surface area contributed by atoms with E-state index in [0.717, 1.165) is 36.9 Å². The van der Waals surface area contributed by atoms with Gasteiger partial charge in [-0.25, -0.2) is 8.78 Å². The minimum absolute atomic E-state index is 0.0810. The first-order valence-corrected chi connectivity index (χ1v) is 12.1. The number of aryl methyl sites for hydroxylation is 1. The fourth-order valence-corrected chi connectivity index (χ4v) is 5.35. The second-order valence-electron chi connectivity index (χ2n) is 9.48. The molecule has 0 aliphatic heterocycles. The van der Waals surface area contributed by atoms with Crippen LogP contribution < -0.4 is 16.1 Å². The maximum absolute atomic E-state index is 13.4. The van der Waals surface area contributed by atoms with Gasteiger partial charge in [0.05, 0.1) is 18.0 Å². The maximum Gasteiger partial charge on any atom is 0.257 e. The number of halogens is 2. The molecule has 0 bridgehead atoms. The van der Waals surface area contributed by atoms with Crippen molar-refractivity contribution in [3.8, 4) is 5.75 Å². The summed E-state index contributed by atoms with van der Waals surface area (Å²) >= 11 is 0. The number of pyridine rings is 1. The number of H-pyrrole nitrogens is 1. The lowest BCUT2D eigenvalue weighted by molar-refractivity contribution is -0.127. The summed E-state index contributed by atoms with van der Waals surface area (Å²) in [5, 5.41) is 15.2. The fraction of sp³-hybridized carbons (Fsp3) is 0.500. The van der Waals surface area contributed by atoms with Crippen molar-refractivity contribution in [3.63, 3.8) is 0 Å². The molecule has 9 nitrogen and oxygen atoms in total. The Morgan fingerprint density at radius 3 is 2.68 bits per heavy atom. The van der Waals surface area contributed by atoms with Crippen LogP contribution in [0.4, 0.5) is 8.78 Å². The van der Waals surface area contributed by atoms with Crippen LogP contribution in [-0.2, 0) is 16.1 Å². The van der Waals surface area contributed by atoms with Gasteiger partial charge in [0.2, 0.25) is 11.8 Å². The molecule has 1 heterocycles. The standard InChI is InChI=1S/C14H12F2N2O3.C12H22N2O2/c1-7-12(19)13(20)10(6-17-7)14(21)18-5-8-2-3-9(15)4-11(8)16;1-9-10-4-5-12(13-2,11(9)10)14(8-15)6-7-16-3/h2-4,6,19H,5H2,1H3,(H,17,20)(H,18,21);8-11,13H,4-7H2,1-3H3/t;9-,10?,11?,12?/m.0/s1. The van der Waals surface area contributed by atoms with Crippen LogP contribution >= 0.6 is 0 Å². The number of benzene rings is 1. The van der Waals surface area contributed by atoms with Crippen LogP contribution in [0, 0.1) is 36.3 Å². The summed E-state index contributed by atoms with van der Waals surface area (Å²) in [5.74, 6) is -0.618. The molecule has 1 aromatic carbocycles. The van der Waals surface area contributed by atoms with Crippen molar-refractivity contribution in [2.24, 2.45) is 17.8 Å². The molecule has 4 atom stereocenters. The second kappa shape index (κ2) is 11.8. The summed E-state index contributed by atoms with van der Waals surface area (Å²) in [7, 11) is 3.64. The Morgan fingerprint density at radius 2 is 2.11 bits per heavy atom. The van der Waals surface area contributed by atoms with Crippen LogP contribution in [0.15, 0.2) is 29.2 Å². The molecule has 0 radical (unpaired) electrons. The van der Waals surface area contributed by atoms with Crippen LogP contribution in [-0.4, -0.2) is 60.3 Å². The van der Waals surface area contributed by atoms with Gasteiger partial charge in [-0.05, 0) is 44.7 Å². The van der Waals surface area contributed by atoms with E-state index in [1.807, 2.05) is 11.9 Å². The molecule has 2 aromatic rings. The Morgan fingerprint density at radius 1 is 1.38 bits per heavy atom. The van der Waals surface area contributed by atoms with Gasteiger partial charge >= 0.3 is 0 Å². The first-order valence-electron chi connectivity index (χ1n) is 12.1. The van der Waals surface area contributed by atoms with Gasteiger partial charge in [-0.3, -0.25) is 19.7 Å². The highest BCUT2D eigenvalue weighted by Gasteiger charge is 2.64. The van der Waals surface area contributed by atoms with Gasteiger partial charge in [-0.2, -0.15) is 0 Å². The molecule has 0 saturated heterocycles. The summed E-state index contributed by atoms with van der Waals surface area (Å²) in [6.45, 7) is 4.84. The van der Waals surface area contributed by atoms with Gasteiger partial charge < -0.3 is 25.0 Å². The molecular weight excluding hydrogens is 486 g/mol. The SMILES string of the molecule is CNC1(N(C=O)CCOC)CCC2C1[C@H]2C.Cc1[nH]cc(C(=O)NCc2ccc(F)cc2F)c(=O)c1O. The van der Waals surface area contributed by atoms with E-state index in [1.54, 1.807) is 7.11 Å². The van der Waals surface area contributed by atoms with Gasteiger partial charge in [0.25, 0.3) is 5.91 Å². The topological polar surface area (TPSA) is 124 Å². The molecule has 37 heavy (non-hydrogen) atoms. The zero-order valence-corrected chi connectivity index (χ0v) is 21.4. The minimum Gasteiger partial charge on any atom is -0.503 e. The van der Waals surface area contributed by atoms with Crippen LogP contribution in [0.3, 0.4) is 0 Å². The van der Waals surface area contributed by atoms with E-state index in [1.165, 1.54) is 19.4 Å². The molecule has 2 aliphatic carbocycles. The highest BCUT2D eigenvalue weighted by Crippen LogP contribution is 2.62. The zero-order chi connectivity index (χ0) is 27.3. The minimum atomic E-state index is -0.816. The molecule has 0 spiro atoms. The summed E-state index contributed by atoms with van der Waals surface area (Å²) in [4.78, 5) is 39.3. The number of ether oxygens (including phenoxy) is 1. The third kappa shape index (κ3) is 5.83. The van der Waals surface area contributed by atoms with Crippen LogP contribution in [0.5, 0.6) is 5.75 Å². The molecule has 1 aromatic heterocycles. The van der Waals surface area contributed by atoms with E-state index in [-0.39, 0.29) is 29.0 Å². The van der Waals surface area contributed by atoms with Gasteiger partial charge in [-0.1, -0.05) is 13.0 Å². The first-order chi connectivity index (χ1) is 17.6. The molecule has 3 unspecified atom stereocenters. The molecule has 2 fully saturated rings. The van der Waals surface area contributed by atoms with Crippen molar-refractivity contribution in [3.05, 3.63) is 63.1 Å². The fourth-order valence-electron chi connectivity index (χ4n) is 5.35. The number of fused-ring (bicyclic) bond motifs is 1. The molecule has 4 N–H and O–H groups in total. The Bertz CT molecular complexity index is 1190. The summed E-state index contributed by atoms with van der Waals surface area (Å²) in [6.07, 6.45) is 4.45. The van der Waals surface area contributed by atoms with Crippen molar-refractivity contribution < 1.29 is 28.2 Å². The highest BCUT2D eigenvalue weighted by atomic mass is 19.1. The second-order valence-corrected chi connectivity index (χ2v) is 9.48. The van der Waals surface area contributed by atoms with Crippen LogP contribution in [0.1, 0.15) is 41.4 Å². The third-order valence-electron chi connectivity index (χ3n) is 7.53. The number of aromatic nitrogens is 1. The number of amides is 2. The smallest absolute Gasteiger partial charge is 0.257 e. The van der Waals surface area contributed by atoms with Crippen molar-refractivity contribution >= 4 is 12.3 Å². The van der Waals surface area contributed by atoms with E-state index in [0.29, 0.717) is 25.1 Å². The molecule has 202 valence electrons. The Balaban J connectivity index is 0.000000213. The number of carbonyl (C=O) groups is 2. The average Bonchev–Trinajstić information content (AvgIpc) is 3.35. The normalized spacial score (nSPS) is 23.5. The number of carbonyl (C=O) groups excluding carboxylic acids is 2. The molecule has 2 amide bonds. The van der Waals surface area contributed by atoms with Crippen molar-refractivity contribution in [1.82, 2.24) is 20.5 Å². The number of hydrogen-bond acceptors (Lipinski definition) is 6. The van der Waals surface area contributed by atoms with E-state index in [4.69, 9.17) is 4.74 Å². The van der Waals surface area contributed by atoms with Gasteiger partial charge in [-0.15, -0.1) is 0 Å². The van der Waals surface area contributed by atoms with Crippen LogP contribution in [0.2, 0.25) is 0 Å². The summed E-state index contributed by atoms with van der Waals surface area (Å²) in [5.41, 5.74) is -0.896. The number of nitrogens with one attached hydrogen (secondary N) is 3. The molecular formula is C26H34F2N4O5. The lowest BCUT2D eigenvalue weighted by atomic mass is 9.99. The summed E-state index contributed by atoms with van der Waals surface area (Å²) in [6, 6.07) is 2.96. The van der Waals surface area contributed by atoms with E-state index in [2.05, 4.69) is 22.5 Å². The van der Waals surface area contributed by atoms with Crippen molar-refractivity contribution in [2.75, 3.05) is 27.3 Å². The predicted octanol–water partition coefficient (Wildman–Crippen LogP) is 2.28. The van der Waals surface area contributed by atoms with Gasteiger partial charge in [0, 0.05) is 43.9 Å². The number of nitrogens with zero attached hydrogens (tertiary/aromatic N) is 1.